The van der Waals surface area contributed by atoms with Crippen LogP contribution in [0, 0.1) is 0 Å². The van der Waals surface area contributed by atoms with Gasteiger partial charge in [0.25, 0.3) is 20.2 Å². The molecule has 0 fully saturated rings. The fourth-order valence-electron chi connectivity index (χ4n) is 0. The Kier molecular flexibility index (Phi) is 17.7. The van der Waals surface area contributed by atoms with Crippen LogP contribution in [0.1, 0.15) is 0 Å². The molecule has 0 bridgehead atoms. The molecular formula is H3NaO8S4. The van der Waals surface area contributed by atoms with Crippen LogP contribution in [0.5, 0.6) is 0 Å². The summed E-state index contributed by atoms with van der Waals surface area (Å²) in [5, 5.41) is 0. The van der Waals surface area contributed by atoms with Crippen molar-refractivity contribution in [3.63, 3.8) is 0 Å². The van der Waals surface area contributed by atoms with Crippen molar-refractivity contribution in [1.29, 1.82) is 0 Å². The molecule has 13 heteroatoms. The van der Waals surface area contributed by atoms with Crippen LogP contribution in [0.4, 0.5) is 0 Å². The Balaban J connectivity index is -0.000000143. The average molecular weight is 282 g/mol. The third-order valence-corrected chi connectivity index (χ3v) is 2.15. The minimum atomic E-state index is -2.84. The van der Waals surface area contributed by atoms with Gasteiger partial charge in [0.05, 0.1) is 10.1 Å². The van der Waals surface area contributed by atoms with Gasteiger partial charge in [0.2, 0.25) is 10.1 Å². The van der Waals surface area contributed by atoms with E-state index in [1.807, 2.05) is 0 Å². The van der Waals surface area contributed by atoms with E-state index in [4.69, 9.17) is 22.4 Å². The van der Waals surface area contributed by atoms with Crippen molar-refractivity contribution >= 4 is 40.4 Å². The van der Waals surface area contributed by atoms with E-state index >= 15 is 0 Å². The molecule has 0 aliphatic rings. The summed E-state index contributed by atoms with van der Waals surface area (Å²) >= 11 is 0. The van der Waals surface area contributed by atoms with Gasteiger partial charge in [-0.1, -0.05) is 0 Å². The predicted molar refractivity (Wildman–Crippen MR) is 41.2 cm³/mol. The normalized spacial score (nSPS) is 18.2. The predicted octanol–water partition coefficient (Wildman–Crippen LogP) is -4.65. The summed E-state index contributed by atoms with van der Waals surface area (Å²) in [5.74, 6) is 0. The molecule has 4 atom stereocenters. The minimum Gasteiger partial charge on any atom is -0.760 e. The van der Waals surface area contributed by atoms with Gasteiger partial charge in [-0.2, -0.15) is 0 Å². The topological polar surface area (TPSA) is 152 Å². The first-order valence-electron chi connectivity index (χ1n) is 1.71. The molecule has 0 heterocycles. The Morgan fingerprint density at radius 2 is 0.923 bits per heavy atom. The zero-order valence-electron chi connectivity index (χ0n) is 6.02. The molecule has 3 N–H and O–H groups in total. The second-order valence-corrected chi connectivity index (χ2v) is 5.95. The van der Waals surface area contributed by atoms with Crippen LogP contribution in [0.2, 0.25) is 0 Å². The van der Waals surface area contributed by atoms with Crippen molar-refractivity contribution < 1.29 is 64.6 Å². The third kappa shape index (κ3) is 19.7. The van der Waals surface area contributed by atoms with Gasteiger partial charge in [-0.3, -0.25) is 17.9 Å². The van der Waals surface area contributed by atoms with E-state index in [0.29, 0.717) is 0 Å². The Bertz CT molecular complexity index is 172. The third-order valence-electron chi connectivity index (χ3n) is 0.238. The van der Waals surface area contributed by atoms with E-state index in [9.17, 15) is 12.6 Å². The number of hydrogen-bond donors (Lipinski definition) is 3. The summed E-state index contributed by atoms with van der Waals surface area (Å²) in [6, 6.07) is 0. The molecule has 0 aromatic heterocycles. The first kappa shape index (κ1) is 19.9. The number of hydrogen-bond acceptors (Lipinski definition) is 5. The fourth-order valence-corrected chi connectivity index (χ4v) is 0. The molecule has 0 saturated heterocycles. The van der Waals surface area contributed by atoms with E-state index in [1.165, 1.54) is 0 Å². The molecule has 0 saturated carbocycles. The summed E-state index contributed by atoms with van der Waals surface area (Å²) in [5.41, 5.74) is 0. The monoisotopic (exact) mass is 282 g/mol. The molecular weight excluding hydrogens is 279 g/mol. The second-order valence-electron chi connectivity index (χ2n) is 0.855. The largest absolute Gasteiger partial charge is 1.00 e. The maximum atomic E-state index is 9.26. The summed E-state index contributed by atoms with van der Waals surface area (Å²) in [6.07, 6.45) is 0. The van der Waals surface area contributed by atoms with Crippen LogP contribution in [-0.4, -0.2) is 35.0 Å². The summed E-state index contributed by atoms with van der Waals surface area (Å²) in [6.45, 7) is 0. The molecule has 0 aliphatic heterocycles. The van der Waals surface area contributed by atoms with E-state index in [-0.39, 0.29) is 29.6 Å². The van der Waals surface area contributed by atoms with Crippen molar-refractivity contribution in [3.8, 4) is 0 Å². The first-order valence-corrected chi connectivity index (χ1v) is 7.14. The van der Waals surface area contributed by atoms with Crippen LogP contribution in [-0.2, 0) is 40.4 Å². The maximum Gasteiger partial charge on any atom is 1.00 e. The van der Waals surface area contributed by atoms with Gasteiger partial charge < -0.3 is 4.55 Å². The number of rotatable bonds is 2. The molecule has 0 aromatic carbocycles. The van der Waals surface area contributed by atoms with Crippen molar-refractivity contribution in [1.82, 2.24) is 0 Å². The summed E-state index contributed by atoms with van der Waals surface area (Å²) < 4.78 is 68.6. The molecule has 0 radical (unpaired) electrons. The van der Waals surface area contributed by atoms with Gasteiger partial charge in [0.1, 0.15) is 0 Å². The van der Waals surface area contributed by atoms with E-state index in [0.717, 1.165) is 0 Å². The van der Waals surface area contributed by atoms with Gasteiger partial charge in [-0.05, 0) is 0 Å². The van der Waals surface area contributed by atoms with Gasteiger partial charge in [-0.15, -0.1) is 0 Å². The van der Waals surface area contributed by atoms with Crippen LogP contribution in [0.3, 0.4) is 0 Å². The fraction of sp³-hybridized carbons (Fsp3) is 0. The molecule has 0 aliphatic carbocycles. The van der Waals surface area contributed by atoms with Crippen LogP contribution in [0.15, 0.2) is 0 Å². The van der Waals surface area contributed by atoms with E-state index in [2.05, 4.69) is 0 Å². The van der Waals surface area contributed by atoms with Crippen LogP contribution < -0.4 is 29.6 Å². The molecule has 13 heavy (non-hydrogen) atoms. The van der Waals surface area contributed by atoms with Gasteiger partial charge >= 0.3 is 29.6 Å². The Labute approximate surface area is 104 Å². The molecule has 76 valence electrons. The van der Waals surface area contributed by atoms with E-state index in [1.54, 1.807) is 0 Å². The van der Waals surface area contributed by atoms with Crippen LogP contribution in [0.25, 0.3) is 0 Å². The Hall–Kier alpha value is 1.44. The average Bonchev–Trinajstić information content (AvgIpc) is 1.88. The SMILES string of the molecule is O=S(O)S(=O)O.O=S([O-])S(=O)O.[Na+]. The van der Waals surface area contributed by atoms with Crippen molar-refractivity contribution in [2.75, 3.05) is 0 Å². The van der Waals surface area contributed by atoms with Crippen molar-refractivity contribution in [3.05, 3.63) is 0 Å². The van der Waals surface area contributed by atoms with Crippen molar-refractivity contribution in [2.45, 2.75) is 0 Å². The van der Waals surface area contributed by atoms with Gasteiger partial charge in [0, 0.05) is 0 Å². The zero-order valence-corrected chi connectivity index (χ0v) is 11.3. The molecule has 0 spiro atoms. The van der Waals surface area contributed by atoms with Crippen molar-refractivity contribution in [2.24, 2.45) is 0 Å². The smallest absolute Gasteiger partial charge is 0.760 e. The molecule has 0 rings (SSSR count). The molecule has 0 amide bonds. The Morgan fingerprint density at radius 1 is 0.769 bits per heavy atom. The minimum absolute atomic E-state index is 0. The van der Waals surface area contributed by atoms with Crippen LogP contribution >= 0.6 is 0 Å². The second kappa shape index (κ2) is 11.5. The van der Waals surface area contributed by atoms with Gasteiger partial charge in [-0.25, -0.2) is 12.6 Å². The molecule has 8 nitrogen and oxygen atoms in total. The standard InChI is InChI=1S/Na.2H2O4S2/c;2*1-5(2)6(3)4/h;2*(H,1,2)(H,3,4)/q+1;;/p-1. The van der Waals surface area contributed by atoms with E-state index < -0.39 is 40.4 Å². The zero-order chi connectivity index (χ0) is 10.3. The van der Waals surface area contributed by atoms with Gasteiger partial charge in [0.15, 0.2) is 0 Å². The Morgan fingerprint density at radius 3 is 0.923 bits per heavy atom. The maximum absolute atomic E-state index is 9.26. The molecule has 4 unspecified atom stereocenters. The summed E-state index contributed by atoms with van der Waals surface area (Å²) in [7, 11) is -10.7. The molecule has 0 aromatic rings. The summed E-state index contributed by atoms with van der Waals surface area (Å²) in [4.78, 5) is 0. The quantitative estimate of drug-likeness (QED) is 0.260. The first-order chi connectivity index (χ1) is 5.29.